The standard InChI is InChI=1S/C22H29N3OS/c1-24(22(26)20-13-6-14-23-21(20)27-2)19-12-8-16-25(17-19)15-7-11-18-9-4-3-5-10-18/h3-6,9-10,13-14,19H,7-8,11-12,15-17H2,1-2H3/t19-/m0/s1. The molecule has 144 valence electrons. The number of nitrogens with zero attached hydrogens (tertiary/aromatic N) is 3. The van der Waals surface area contributed by atoms with Crippen LogP contribution in [0.5, 0.6) is 0 Å². The molecule has 1 fully saturated rings. The van der Waals surface area contributed by atoms with Gasteiger partial charge in [-0.15, -0.1) is 11.8 Å². The van der Waals surface area contributed by atoms with Crippen molar-refractivity contribution in [1.29, 1.82) is 0 Å². The average molecular weight is 384 g/mol. The molecule has 0 aliphatic carbocycles. The number of hydrogen-bond acceptors (Lipinski definition) is 4. The zero-order chi connectivity index (χ0) is 19.1. The first-order valence-electron chi connectivity index (χ1n) is 9.71. The number of carbonyl (C=O) groups excluding carboxylic acids is 1. The number of aryl methyl sites for hydroxylation is 1. The predicted molar refractivity (Wildman–Crippen MR) is 112 cm³/mol. The molecule has 1 aromatic heterocycles. The van der Waals surface area contributed by atoms with Crippen LogP contribution >= 0.6 is 11.8 Å². The van der Waals surface area contributed by atoms with E-state index in [2.05, 4.69) is 40.2 Å². The summed E-state index contributed by atoms with van der Waals surface area (Å²) in [6.07, 6.45) is 8.21. The lowest BCUT2D eigenvalue weighted by Crippen LogP contribution is -2.48. The molecule has 0 bridgehead atoms. The Hall–Kier alpha value is -1.85. The quantitative estimate of drug-likeness (QED) is 0.678. The van der Waals surface area contributed by atoms with Gasteiger partial charge in [-0.1, -0.05) is 30.3 Å². The van der Waals surface area contributed by atoms with E-state index in [-0.39, 0.29) is 11.9 Å². The Morgan fingerprint density at radius 2 is 2.07 bits per heavy atom. The van der Waals surface area contributed by atoms with Crippen LogP contribution in [0.4, 0.5) is 0 Å². The molecule has 5 heteroatoms. The number of pyridine rings is 1. The van der Waals surface area contributed by atoms with Crippen LogP contribution in [-0.2, 0) is 6.42 Å². The van der Waals surface area contributed by atoms with Gasteiger partial charge in [0.1, 0.15) is 5.03 Å². The Morgan fingerprint density at radius 1 is 1.26 bits per heavy atom. The fraction of sp³-hybridized carbons (Fsp3) is 0.455. The first-order valence-corrected chi connectivity index (χ1v) is 10.9. The Labute approximate surface area is 167 Å². The zero-order valence-corrected chi connectivity index (χ0v) is 17.1. The number of likely N-dealkylation sites (tertiary alicyclic amines) is 1. The molecule has 1 amide bonds. The summed E-state index contributed by atoms with van der Waals surface area (Å²) < 4.78 is 0. The molecule has 0 radical (unpaired) electrons. The van der Waals surface area contributed by atoms with Gasteiger partial charge in [-0.05, 0) is 62.7 Å². The van der Waals surface area contributed by atoms with Crippen LogP contribution in [0, 0.1) is 0 Å². The fourth-order valence-corrected chi connectivity index (χ4v) is 4.32. The summed E-state index contributed by atoms with van der Waals surface area (Å²) in [6.45, 7) is 3.19. The smallest absolute Gasteiger partial charge is 0.256 e. The summed E-state index contributed by atoms with van der Waals surface area (Å²) in [5.41, 5.74) is 2.12. The van der Waals surface area contributed by atoms with Crippen molar-refractivity contribution < 1.29 is 4.79 Å². The molecular weight excluding hydrogens is 354 g/mol. The molecule has 1 saturated heterocycles. The van der Waals surface area contributed by atoms with Crippen molar-refractivity contribution in [3.8, 4) is 0 Å². The third kappa shape index (κ3) is 5.33. The van der Waals surface area contributed by atoms with E-state index in [1.807, 2.05) is 30.3 Å². The highest BCUT2D eigenvalue weighted by Crippen LogP contribution is 2.22. The first kappa shape index (κ1) is 19.9. The number of benzene rings is 1. The monoisotopic (exact) mass is 383 g/mol. The van der Waals surface area contributed by atoms with Gasteiger partial charge < -0.3 is 9.80 Å². The van der Waals surface area contributed by atoms with Gasteiger partial charge >= 0.3 is 0 Å². The van der Waals surface area contributed by atoms with E-state index in [1.165, 1.54) is 17.3 Å². The van der Waals surface area contributed by atoms with Gasteiger partial charge in [0.25, 0.3) is 5.91 Å². The lowest BCUT2D eigenvalue weighted by Gasteiger charge is -2.37. The van der Waals surface area contributed by atoms with Gasteiger partial charge in [-0.2, -0.15) is 0 Å². The Balaban J connectivity index is 1.54. The third-order valence-electron chi connectivity index (χ3n) is 5.33. The molecule has 1 aliphatic heterocycles. The van der Waals surface area contributed by atoms with Crippen LogP contribution in [0.3, 0.4) is 0 Å². The van der Waals surface area contributed by atoms with Crippen LogP contribution in [0.1, 0.15) is 35.2 Å². The normalized spacial score (nSPS) is 17.6. The topological polar surface area (TPSA) is 36.4 Å². The van der Waals surface area contributed by atoms with Gasteiger partial charge in [0.15, 0.2) is 0 Å². The number of carbonyl (C=O) groups is 1. The van der Waals surface area contributed by atoms with Crippen LogP contribution in [0.25, 0.3) is 0 Å². The molecule has 1 aromatic carbocycles. The van der Waals surface area contributed by atoms with Crippen molar-refractivity contribution in [3.63, 3.8) is 0 Å². The predicted octanol–water partition coefficient (Wildman–Crippen LogP) is 3.97. The minimum absolute atomic E-state index is 0.0867. The SMILES string of the molecule is CSc1ncccc1C(=O)N(C)[C@H]1CCCN(CCCc2ccccc2)C1. The number of rotatable bonds is 7. The second kappa shape index (κ2) is 9.90. The van der Waals surface area contributed by atoms with Gasteiger partial charge in [0.2, 0.25) is 0 Å². The molecule has 27 heavy (non-hydrogen) atoms. The average Bonchev–Trinajstić information content (AvgIpc) is 2.73. The van der Waals surface area contributed by atoms with Gasteiger partial charge in [0.05, 0.1) is 5.56 Å². The van der Waals surface area contributed by atoms with Crippen molar-refractivity contribution >= 4 is 17.7 Å². The van der Waals surface area contributed by atoms with Crippen LogP contribution < -0.4 is 0 Å². The molecule has 2 heterocycles. The van der Waals surface area contributed by atoms with E-state index in [1.54, 1.807) is 6.20 Å². The second-order valence-corrected chi connectivity index (χ2v) is 7.96. The number of aromatic nitrogens is 1. The first-order chi connectivity index (χ1) is 13.2. The maximum absolute atomic E-state index is 13.0. The lowest BCUT2D eigenvalue weighted by molar-refractivity contribution is 0.0613. The molecule has 1 atom stereocenters. The molecule has 0 N–H and O–H groups in total. The van der Waals surface area contributed by atoms with Gasteiger partial charge in [-0.25, -0.2) is 4.98 Å². The van der Waals surface area contributed by atoms with Gasteiger partial charge in [0, 0.05) is 25.8 Å². The Kier molecular flexibility index (Phi) is 7.30. The van der Waals surface area contributed by atoms with E-state index in [0.717, 1.165) is 50.3 Å². The summed E-state index contributed by atoms with van der Waals surface area (Å²) >= 11 is 1.53. The highest BCUT2D eigenvalue weighted by Gasteiger charge is 2.27. The third-order valence-corrected chi connectivity index (χ3v) is 6.04. The summed E-state index contributed by atoms with van der Waals surface area (Å²) in [6, 6.07) is 14.7. The van der Waals surface area contributed by atoms with Crippen LogP contribution in [-0.4, -0.2) is 59.7 Å². The molecule has 0 saturated carbocycles. The van der Waals surface area contributed by atoms with E-state index in [0.29, 0.717) is 5.56 Å². The number of thioether (sulfide) groups is 1. The van der Waals surface area contributed by atoms with E-state index in [9.17, 15) is 4.79 Å². The highest BCUT2D eigenvalue weighted by molar-refractivity contribution is 7.98. The Bertz CT molecular complexity index is 737. The summed E-state index contributed by atoms with van der Waals surface area (Å²) in [5, 5.41) is 0.810. The summed E-state index contributed by atoms with van der Waals surface area (Å²) in [4.78, 5) is 21.8. The highest BCUT2D eigenvalue weighted by atomic mass is 32.2. The summed E-state index contributed by atoms with van der Waals surface area (Å²) in [5.74, 6) is 0.0867. The zero-order valence-electron chi connectivity index (χ0n) is 16.3. The van der Waals surface area contributed by atoms with E-state index >= 15 is 0 Å². The molecular formula is C22H29N3OS. The minimum Gasteiger partial charge on any atom is -0.337 e. The van der Waals surface area contributed by atoms with Crippen LogP contribution in [0.15, 0.2) is 53.7 Å². The Morgan fingerprint density at radius 3 is 2.85 bits per heavy atom. The molecule has 0 spiro atoms. The van der Waals surface area contributed by atoms with Crippen molar-refractivity contribution in [3.05, 3.63) is 59.8 Å². The van der Waals surface area contributed by atoms with E-state index in [4.69, 9.17) is 0 Å². The molecule has 2 aromatic rings. The van der Waals surface area contributed by atoms with Crippen molar-refractivity contribution in [2.75, 3.05) is 32.9 Å². The molecule has 0 unspecified atom stereocenters. The lowest BCUT2D eigenvalue weighted by atomic mass is 10.0. The number of likely N-dealkylation sites (N-methyl/N-ethyl adjacent to an activating group) is 1. The van der Waals surface area contributed by atoms with Gasteiger partial charge in [-0.3, -0.25) is 4.79 Å². The maximum Gasteiger partial charge on any atom is 0.256 e. The summed E-state index contributed by atoms with van der Waals surface area (Å²) in [7, 11) is 1.94. The van der Waals surface area contributed by atoms with Crippen molar-refractivity contribution in [2.45, 2.75) is 36.8 Å². The van der Waals surface area contributed by atoms with Crippen LogP contribution in [0.2, 0.25) is 0 Å². The minimum atomic E-state index is 0.0867. The molecule has 1 aliphatic rings. The van der Waals surface area contributed by atoms with Crippen molar-refractivity contribution in [1.82, 2.24) is 14.8 Å². The molecule has 3 rings (SSSR count). The number of hydrogen-bond donors (Lipinski definition) is 0. The second-order valence-electron chi connectivity index (χ2n) is 7.16. The maximum atomic E-state index is 13.0. The largest absolute Gasteiger partial charge is 0.337 e. The van der Waals surface area contributed by atoms with E-state index < -0.39 is 0 Å². The number of amides is 1. The fourth-order valence-electron chi connectivity index (χ4n) is 3.77. The van der Waals surface area contributed by atoms with Crippen molar-refractivity contribution in [2.24, 2.45) is 0 Å². The molecule has 4 nitrogen and oxygen atoms in total. The number of piperidine rings is 1.